The second kappa shape index (κ2) is 7.90. The van der Waals surface area contributed by atoms with Gasteiger partial charge in [-0.3, -0.25) is 4.79 Å². The molecule has 0 saturated heterocycles. The fraction of sp³-hybridized carbons (Fsp3) is 0.227. The summed E-state index contributed by atoms with van der Waals surface area (Å²) in [4.78, 5) is 21.3. The average Bonchev–Trinajstić information content (AvgIpc) is 3.31. The van der Waals surface area contributed by atoms with Gasteiger partial charge < -0.3 is 24.0 Å². The monoisotopic (exact) mass is 406 g/mol. The van der Waals surface area contributed by atoms with Crippen LogP contribution in [-0.2, 0) is 17.8 Å². The van der Waals surface area contributed by atoms with Crippen molar-refractivity contribution in [2.24, 2.45) is 0 Å². The third kappa shape index (κ3) is 3.71. The minimum atomic E-state index is -0.131. The molecule has 0 aliphatic heterocycles. The Morgan fingerprint density at radius 3 is 2.93 bits per heavy atom. The zero-order valence-corrected chi connectivity index (χ0v) is 17.0. The number of benzene rings is 1. The number of rotatable bonds is 6. The van der Waals surface area contributed by atoms with Crippen LogP contribution < -0.4 is 10.1 Å². The van der Waals surface area contributed by atoms with Crippen molar-refractivity contribution in [1.82, 2.24) is 19.7 Å². The molecular formula is C22H22N4O4. The van der Waals surface area contributed by atoms with Crippen LogP contribution in [0.15, 0.2) is 47.1 Å². The lowest BCUT2D eigenvalue weighted by Crippen LogP contribution is -2.25. The molecule has 30 heavy (non-hydrogen) atoms. The highest BCUT2D eigenvalue weighted by molar-refractivity contribution is 5.78. The first kappa shape index (κ1) is 19.5. The predicted molar refractivity (Wildman–Crippen MR) is 110 cm³/mol. The number of pyridine rings is 1. The van der Waals surface area contributed by atoms with Gasteiger partial charge in [-0.05, 0) is 43.7 Å². The van der Waals surface area contributed by atoms with Crippen LogP contribution in [0.3, 0.4) is 0 Å². The van der Waals surface area contributed by atoms with Gasteiger partial charge in [0.05, 0.1) is 25.8 Å². The van der Waals surface area contributed by atoms with E-state index in [0.717, 1.165) is 16.9 Å². The number of phenols is 1. The molecule has 0 unspecified atom stereocenters. The van der Waals surface area contributed by atoms with Crippen LogP contribution >= 0.6 is 0 Å². The zero-order chi connectivity index (χ0) is 21.3. The molecule has 0 saturated carbocycles. The van der Waals surface area contributed by atoms with E-state index in [0.29, 0.717) is 28.7 Å². The topological polar surface area (TPSA) is 102 Å². The predicted octanol–water partition coefficient (Wildman–Crippen LogP) is 3.18. The fourth-order valence-electron chi connectivity index (χ4n) is 3.27. The van der Waals surface area contributed by atoms with E-state index in [1.54, 1.807) is 25.3 Å². The molecule has 0 radical (unpaired) electrons. The average molecular weight is 406 g/mol. The van der Waals surface area contributed by atoms with Crippen molar-refractivity contribution in [3.8, 4) is 23.0 Å². The Morgan fingerprint density at radius 2 is 2.13 bits per heavy atom. The number of imidazole rings is 1. The largest absolute Gasteiger partial charge is 0.504 e. The van der Waals surface area contributed by atoms with Crippen molar-refractivity contribution < 1.29 is 19.1 Å². The lowest BCUT2D eigenvalue weighted by molar-refractivity contribution is -0.120. The highest BCUT2D eigenvalue weighted by atomic mass is 16.5. The number of aromatic hydroxyl groups is 1. The normalized spacial score (nSPS) is 11.0. The fourth-order valence-corrected chi connectivity index (χ4v) is 3.27. The number of aromatic nitrogens is 3. The van der Waals surface area contributed by atoms with Gasteiger partial charge in [-0.2, -0.15) is 0 Å². The summed E-state index contributed by atoms with van der Waals surface area (Å²) >= 11 is 0. The maximum Gasteiger partial charge on any atom is 0.226 e. The third-order valence-corrected chi connectivity index (χ3v) is 4.92. The van der Waals surface area contributed by atoms with Gasteiger partial charge in [-0.1, -0.05) is 6.07 Å². The van der Waals surface area contributed by atoms with Crippen molar-refractivity contribution in [3.05, 3.63) is 65.4 Å². The molecule has 4 aromatic rings. The van der Waals surface area contributed by atoms with E-state index in [1.807, 2.05) is 29.7 Å². The lowest BCUT2D eigenvalue weighted by Gasteiger charge is -2.05. The summed E-state index contributed by atoms with van der Waals surface area (Å²) in [6.07, 6.45) is 3.83. The van der Waals surface area contributed by atoms with Crippen LogP contribution in [0.25, 0.3) is 17.1 Å². The van der Waals surface area contributed by atoms with Gasteiger partial charge in [0.2, 0.25) is 11.8 Å². The molecule has 8 nitrogen and oxygen atoms in total. The van der Waals surface area contributed by atoms with Gasteiger partial charge in [0, 0.05) is 18.0 Å². The SMILES string of the molecule is COc1cc(-c2nc(CNC(=O)Cc3cnc4c(C)cccn34)c(C)o2)ccc1O. The number of hydrogen-bond donors (Lipinski definition) is 2. The van der Waals surface area contributed by atoms with E-state index >= 15 is 0 Å². The lowest BCUT2D eigenvalue weighted by atomic mass is 10.2. The quantitative estimate of drug-likeness (QED) is 0.510. The maximum absolute atomic E-state index is 12.5. The van der Waals surface area contributed by atoms with E-state index in [4.69, 9.17) is 9.15 Å². The van der Waals surface area contributed by atoms with Crippen LogP contribution in [0.2, 0.25) is 0 Å². The number of fused-ring (bicyclic) bond motifs is 1. The van der Waals surface area contributed by atoms with E-state index in [1.165, 1.54) is 13.2 Å². The molecule has 0 atom stereocenters. The molecule has 4 rings (SSSR count). The van der Waals surface area contributed by atoms with Crippen molar-refractivity contribution >= 4 is 11.6 Å². The summed E-state index contributed by atoms with van der Waals surface area (Å²) in [6, 6.07) is 8.78. The van der Waals surface area contributed by atoms with Crippen molar-refractivity contribution in [2.75, 3.05) is 7.11 Å². The Bertz CT molecular complexity index is 1230. The molecule has 3 heterocycles. The first-order valence-corrected chi connectivity index (χ1v) is 9.48. The number of oxazole rings is 1. The molecule has 0 bridgehead atoms. The molecule has 2 N–H and O–H groups in total. The Labute approximate surface area is 173 Å². The number of amides is 1. The number of carbonyl (C=O) groups excluding carboxylic acids is 1. The number of nitrogens with one attached hydrogen (secondary N) is 1. The number of ether oxygens (including phenoxy) is 1. The first-order valence-electron chi connectivity index (χ1n) is 9.48. The molecule has 1 amide bonds. The molecule has 3 aromatic heterocycles. The number of nitrogens with zero attached hydrogens (tertiary/aromatic N) is 3. The summed E-state index contributed by atoms with van der Waals surface area (Å²) in [6.45, 7) is 4.03. The molecule has 8 heteroatoms. The van der Waals surface area contributed by atoms with E-state index in [9.17, 15) is 9.90 Å². The Kier molecular flexibility index (Phi) is 5.14. The van der Waals surface area contributed by atoms with Crippen LogP contribution in [0.1, 0.15) is 22.7 Å². The van der Waals surface area contributed by atoms with Gasteiger partial charge in [0.1, 0.15) is 17.1 Å². The minimum Gasteiger partial charge on any atom is -0.504 e. The van der Waals surface area contributed by atoms with Crippen molar-refractivity contribution in [1.29, 1.82) is 0 Å². The maximum atomic E-state index is 12.5. The highest BCUT2D eigenvalue weighted by Crippen LogP contribution is 2.31. The van der Waals surface area contributed by atoms with Gasteiger partial charge in [-0.15, -0.1) is 0 Å². The summed E-state index contributed by atoms with van der Waals surface area (Å²) in [5, 5.41) is 12.6. The molecule has 0 spiro atoms. The number of hydrogen-bond acceptors (Lipinski definition) is 6. The van der Waals surface area contributed by atoms with E-state index in [-0.39, 0.29) is 24.6 Å². The summed E-state index contributed by atoms with van der Waals surface area (Å²) < 4.78 is 12.8. The smallest absolute Gasteiger partial charge is 0.226 e. The van der Waals surface area contributed by atoms with Gasteiger partial charge in [-0.25, -0.2) is 9.97 Å². The standard InChI is InChI=1S/C22H22N4O4/c1-13-5-4-8-26-16(11-24-21(13)26)10-20(28)23-12-17-14(2)30-22(25-17)15-6-7-18(27)19(9-15)29-3/h4-9,11,27H,10,12H2,1-3H3,(H,23,28). The van der Waals surface area contributed by atoms with Gasteiger partial charge >= 0.3 is 0 Å². The third-order valence-electron chi connectivity index (χ3n) is 4.92. The Balaban J connectivity index is 1.45. The molecule has 0 fully saturated rings. The molecule has 154 valence electrons. The first-order chi connectivity index (χ1) is 14.5. The number of phenolic OH excluding ortho intramolecular Hbond substituents is 1. The Morgan fingerprint density at radius 1 is 1.30 bits per heavy atom. The van der Waals surface area contributed by atoms with Crippen LogP contribution in [0.4, 0.5) is 0 Å². The number of aryl methyl sites for hydroxylation is 2. The van der Waals surface area contributed by atoms with Crippen LogP contribution in [0, 0.1) is 13.8 Å². The Hall–Kier alpha value is -3.81. The number of methoxy groups -OCH3 is 1. The van der Waals surface area contributed by atoms with Crippen LogP contribution in [0.5, 0.6) is 11.5 Å². The highest BCUT2D eigenvalue weighted by Gasteiger charge is 2.15. The van der Waals surface area contributed by atoms with Gasteiger partial charge in [0.25, 0.3) is 0 Å². The van der Waals surface area contributed by atoms with E-state index in [2.05, 4.69) is 15.3 Å². The van der Waals surface area contributed by atoms with Gasteiger partial charge in [0.15, 0.2) is 11.5 Å². The minimum absolute atomic E-state index is 0.0413. The summed E-state index contributed by atoms with van der Waals surface area (Å²) in [5.41, 5.74) is 4.04. The molecule has 1 aromatic carbocycles. The zero-order valence-electron chi connectivity index (χ0n) is 17.0. The summed E-state index contributed by atoms with van der Waals surface area (Å²) in [5.74, 6) is 1.25. The second-order valence-corrected chi connectivity index (χ2v) is 7.00. The van der Waals surface area contributed by atoms with Crippen LogP contribution in [-0.4, -0.2) is 32.5 Å². The van der Waals surface area contributed by atoms with E-state index < -0.39 is 0 Å². The molecule has 0 aliphatic rings. The second-order valence-electron chi connectivity index (χ2n) is 7.00. The number of carbonyl (C=O) groups is 1. The van der Waals surface area contributed by atoms with Crippen molar-refractivity contribution in [2.45, 2.75) is 26.8 Å². The molecule has 0 aliphatic carbocycles. The summed E-state index contributed by atoms with van der Waals surface area (Å²) in [7, 11) is 1.48. The van der Waals surface area contributed by atoms with Crippen molar-refractivity contribution in [3.63, 3.8) is 0 Å². The molecular weight excluding hydrogens is 384 g/mol.